The van der Waals surface area contributed by atoms with Gasteiger partial charge in [-0.05, 0) is 44.4 Å². The third-order valence-electron chi connectivity index (χ3n) is 3.02. The Bertz CT molecular complexity index is 122. The predicted molar refractivity (Wildman–Crippen MR) is 56.8 cm³/mol. The van der Waals surface area contributed by atoms with Crippen LogP contribution in [0.15, 0.2) is 0 Å². The van der Waals surface area contributed by atoms with Crippen molar-refractivity contribution in [3.8, 4) is 0 Å². The molecule has 0 aliphatic heterocycles. The highest BCUT2D eigenvalue weighted by atomic mass is 35.5. The molecule has 0 N–H and O–H groups in total. The molecule has 1 saturated carbocycles. The first-order valence-corrected chi connectivity index (χ1v) is 5.08. The lowest BCUT2D eigenvalue weighted by Gasteiger charge is -2.34. The summed E-state index contributed by atoms with van der Waals surface area (Å²) in [5.74, 6) is 1.78. The largest absolute Gasteiger partial charge is 0.120 e. The summed E-state index contributed by atoms with van der Waals surface area (Å²) in [4.78, 5) is 0.116. The first-order chi connectivity index (χ1) is 5.01. The minimum atomic E-state index is 0. The summed E-state index contributed by atoms with van der Waals surface area (Å²) in [7, 11) is 0. The van der Waals surface area contributed by atoms with Gasteiger partial charge in [0.2, 0.25) is 0 Å². The quantitative estimate of drug-likeness (QED) is 0.448. The molecule has 1 rings (SSSR count). The van der Waals surface area contributed by atoms with Gasteiger partial charge in [-0.2, -0.15) is 0 Å². The van der Waals surface area contributed by atoms with E-state index in [1.807, 2.05) is 0 Å². The summed E-state index contributed by atoms with van der Waals surface area (Å²) in [6.07, 6.45) is 5.07. The maximum atomic E-state index is 6.24. The summed E-state index contributed by atoms with van der Waals surface area (Å²) in [5, 5.41) is 0. The Morgan fingerprint density at radius 2 is 1.67 bits per heavy atom. The Labute approximate surface area is 97.6 Å². The van der Waals surface area contributed by atoms with Crippen molar-refractivity contribution in [1.82, 2.24) is 0 Å². The first-order valence-electron chi connectivity index (χ1n) is 4.70. The van der Waals surface area contributed by atoms with E-state index in [0.717, 1.165) is 11.8 Å². The van der Waals surface area contributed by atoms with E-state index in [2.05, 4.69) is 20.8 Å². The van der Waals surface area contributed by atoms with Gasteiger partial charge in [0.05, 0.1) is 0 Å². The second-order valence-electron chi connectivity index (χ2n) is 4.49. The molecule has 0 aromatic carbocycles. The van der Waals surface area contributed by atoms with Crippen molar-refractivity contribution in [2.24, 2.45) is 11.8 Å². The van der Waals surface area contributed by atoms with Crippen LogP contribution in [0.25, 0.3) is 0 Å². The summed E-state index contributed by atoms with van der Waals surface area (Å²) in [5.41, 5.74) is 0. The van der Waals surface area contributed by atoms with Gasteiger partial charge in [0.15, 0.2) is 0 Å². The summed E-state index contributed by atoms with van der Waals surface area (Å²) in [6, 6.07) is 0. The second kappa shape index (κ2) is 5.07. The fourth-order valence-electron chi connectivity index (χ4n) is 1.91. The van der Waals surface area contributed by atoms with Gasteiger partial charge in [-0.1, -0.05) is 13.8 Å². The van der Waals surface area contributed by atoms with E-state index in [9.17, 15) is 0 Å². The normalized spacial score (nSPS) is 36.2. The van der Waals surface area contributed by atoms with Gasteiger partial charge in [0.1, 0.15) is 0 Å². The molecule has 0 unspecified atom stereocenters. The molecule has 1 aliphatic rings. The van der Waals surface area contributed by atoms with Crippen molar-refractivity contribution in [1.29, 1.82) is 0 Å². The highest BCUT2D eigenvalue weighted by Crippen LogP contribution is 2.39. The van der Waals surface area contributed by atoms with E-state index >= 15 is 0 Å². The van der Waals surface area contributed by atoms with Crippen LogP contribution >= 0.6 is 11.6 Å². The lowest BCUT2D eigenvalue weighted by atomic mass is 9.77. The Morgan fingerprint density at radius 1 is 1.25 bits per heavy atom. The van der Waals surface area contributed by atoms with Gasteiger partial charge >= 0.3 is 0 Å². The summed E-state index contributed by atoms with van der Waals surface area (Å²) >= 11 is 6.24. The molecule has 0 bridgehead atoms. The van der Waals surface area contributed by atoms with Gasteiger partial charge in [-0.15, -0.1) is 11.6 Å². The molecule has 0 heterocycles. The van der Waals surface area contributed by atoms with Gasteiger partial charge < -0.3 is 0 Å². The van der Waals surface area contributed by atoms with Gasteiger partial charge in [0, 0.05) is 27.9 Å². The molecule has 0 saturated heterocycles. The highest BCUT2D eigenvalue weighted by molar-refractivity contribution is 6.23. The number of hydrogen-bond donors (Lipinski definition) is 0. The molecule has 0 atom stereocenters. The van der Waals surface area contributed by atoms with Crippen molar-refractivity contribution in [2.75, 3.05) is 0 Å². The molecule has 0 amide bonds. The topological polar surface area (TPSA) is 0 Å². The minimum absolute atomic E-state index is 0. The van der Waals surface area contributed by atoms with Gasteiger partial charge in [-0.25, -0.2) is 0 Å². The Morgan fingerprint density at radius 3 is 2.00 bits per heavy atom. The van der Waals surface area contributed by atoms with Crippen LogP contribution in [-0.2, 0) is 0 Å². The highest BCUT2D eigenvalue weighted by Gasteiger charge is 2.29. The van der Waals surface area contributed by atoms with E-state index in [4.69, 9.17) is 11.6 Å². The predicted octanol–water partition coefficient (Wildman–Crippen LogP) is 3.45. The summed E-state index contributed by atoms with van der Waals surface area (Å²) < 4.78 is 0. The zero-order chi connectivity index (χ0) is 8.48. The van der Waals surface area contributed by atoms with Gasteiger partial charge in [-0.3, -0.25) is 0 Å². The van der Waals surface area contributed by atoms with Crippen molar-refractivity contribution in [3.63, 3.8) is 0 Å². The molecule has 1 fully saturated rings. The first kappa shape index (κ1) is 13.1. The van der Waals surface area contributed by atoms with Crippen LogP contribution in [0, 0.1) is 11.8 Å². The minimum Gasteiger partial charge on any atom is -0.120 e. The van der Waals surface area contributed by atoms with Crippen LogP contribution in [0.5, 0.6) is 0 Å². The molecule has 68 valence electrons. The molecule has 1 aliphatic carbocycles. The van der Waals surface area contributed by atoms with E-state index in [1.165, 1.54) is 25.7 Å². The fraction of sp³-hybridized carbons (Fsp3) is 1.00. The van der Waals surface area contributed by atoms with Crippen LogP contribution in [0.1, 0.15) is 46.5 Å². The Hall–Kier alpha value is 1.06. The third-order valence-corrected chi connectivity index (χ3v) is 3.39. The number of alkyl halides is 1. The van der Waals surface area contributed by atoms with Crippen LogP contribution in [0.2, 0.25) is 0 Å². The van der Waals surface area contributed by atoms with E-state index in [-0.39, 0.29) is 27.9 Å². The van der Waals surface area contributed by atoms with Crippen LogP contribution in [-0.4, -0.2) is 27.9 Å². The lowest BCUT2D eigenvalue weighted by molar-refractivity contribution is 0.248. The van der Waals surface area contributed by atoms with E-state index in [1.54, 1.807) is 0 Å². The zero-order valence-electron chi connectivity index (χ0n) is 8.57. The number of rotatable bonds is 1. The maximum Gasteiger partial charge on any atom is 0.0419 e. The van der Waals surface area contributed by atoms with Crippen molar-refractivity contribution in [2.45, 2.75) is 51.3 Å². The summed E-state index contributed by atoms with van der Waals surface area (Å²) in [6.45, 7) is 6.81. The maximum absolute atomic E-state index is 6.24. The van der Waals surface area contributed by atoms with Crippen molar-refractivity contribution < 1.29 is 0 Å². The Balaban J connectivity index is 0.00000121. The number of hydrogen-bond acceptors (Lipinski definition) is 0. The average Bonchev–Trinajstić information content (AvgIpc) is 1.86. The van der Waals surface area contributed by atoms with Crippen molar-refractivity contribution >= 4 is 34.7 Å². The molecule has 2 heteroatoms. The van der Waals surface area contributed by atoms with E-state index < -0.39 is 0 Å². The zero-order valence-corrected chi connectivity index (χ0v) is 10.7. The standard InChI is InChI=1S/C10H19Cl.Mg/c1-8(2)9-4-6-10(3,11)7-5-9;/h8-9H,4-7H2,1-3H3;. The monoisotopic (exact) mass is 198 g/mol. The van der Waals surface area contributed by atoms with Crippen molar-refractivity contribution in [3.05, 3.63) is 0 Å². The molecule has 0 nitrogen and oxygen atoms in total. The molecule has 0 aromatic heterocycles. The second-order valence-corrected chi connectivity index (χ2v) is 5.41. The molecular weight excluding hydrogens is 180 g/mol. The third kappa shape index (κ3) is 3.84. The SMILES string of the molecule is CC(C)C1CCC(C)(Cl)CC1.[Mg]. The molecule has 0 aromatic rings. The fourth-order valence-corrected chi connectivity index (χ4v) is 2.13. The van der Waals surface area contributed by atoms with Crippen LogP contribution < -0.4 is 0 Å². The molecular formula is C10H19ClMg. The van der Waals surface area contributed by atoms with Crippen LogP contribution in [0.4, 0.5) is 0 Å². The smallest absolute Gasteiger partial charge is 0.0419 e. The van der Waals surface area contributed by atoms with E-state index in [0.29, 0.717) is 0 Å². The lowest BCUT2D eigenvalue weighted by Crippen LogP contribution is -2.26. The van der Waals surface area contributed by atoms with Crippen LogP contribution in [0.3, 0.4) is 0 Å². The van der Waals surface area contributed by atoms with Gasteiger partial charge in [0.25, 0.3) is 0 Å². The Kier molecular flexibility index (Phi) is 5.51. The molecule has 2 radical (unpaired) electrons. The molecule has 0 spiro atoms. The number of halogens is 1. The average molecular weight is 199 g/mol. The molecule has 12 heavy (non-hydrogen) atoms.